The van der Waals surface area contributed by atoms with Gasteiger partial charge in [0.05, 0.1) is 12.9 Å². The Kier molecular flexibility index (Phi) is 4.94. The standard InChI is InChI=1S/C12H22N2O4S/c1-19(16,17)14-5-2-3-10(9-14)7-11(15)12-8-13-4-6-18-12/h10,12-13H,2-9H2,1H3. The van der Waals surface area contributed by atoms with E-state index in [1.165, 1.54) is 10.6 Å². The van der Waals surface area contributed by atoms with Crippen LogP contribution in [0.1, 0.15) is 19.3 Å². The van der Waals surface area contributed by atoms with E-state index >= 15 is 0 Å². The summed E-state index contributed by atoms with van der Waals surface area (Å²) in [4.78, 5) is 12.1. The van der Waals surface area contributed by atoms with E-state index in [4.69, 9.17) is 4.74 Å². The van der Waals surface area contributed by atoms with Crippen LogP contribution in [0.15, 0.2) is 0 Å². The van der Waals surface area contributed by atoms with Crippen LogP contribution >= 0.6 is 0 Å². The predicted molar refractivity (Wildman–Crippen MR) is 71.4 cm³/mol. The first-order chi connectivity index (χ1) is 8.97. The van der Waals surface area contributed by atoms with Crippen molar-refractivity contribution in [3.8, 4) is 0 Å². The second-order valence-electron chi connectivity index (χ2n) is 5.36. The van der Waals surface area contributed by atoms with Gasteiger partial charge in [-0.1, -0.05) is 0 Å². The number of hydrogen-bond acceptors (Lipinski definition) is 5. The molecular formula is C12H22N2O4S. The van der Waals surface area contributed by atoms with Crippen molar-refractivity contribution in [2.75, 3.05) is 39.0 Å². The normalized spacial score (nSPS) is 30.2. The zero-order valence-corrected chi connectivity index (χ0v) is 12.1. The first-order valence-electron chi connectivity index (χ1n) is 6.77. The van der Waals surface area contributed by atoms with Crippen LogP contribution in [0.4, 0.5) is 0 Å². The lowest BCUT2D eigenvalue weighted by Crippen LogP contribution is -2.45. The molecule has 0 aromatic rings. The smallest absolute Gasteiger partial charge is 0.211 e. The van der Waals surface area contributed by atoms with Crippen molar-refractivity contribution >= 4 is 15.8 Å². The molecule has 0 radical (unpaired) electrons. The number of piperidine rings is 1. The van der Waals surface area contributed by atoms with Crippen LogP contribution in [-0.4, -0.2) is 63.7 Å². The Labute approximate surface area is 114 Å². The van der Waals surface area contributed by atoms with Crippen LogP contribution < -0.4 is 5.32 Å². The van der Waals surface area contributed by atoms with Crippen molar-refractivity contribution in [2.45, 2.75) is 25.4 Å². The molecule has 2 saturated heterocycles. The number of hydrogen-bond donors (Lipinski definition) is 1. The second-order valence-corrected chi connectivity index (χ2v) is 7.35. The number of morpholine rings is 1. The fourth-order valence-electron chi connectivity index (χ4n) is 2.68. The summed E-state index contributed by atoms with van der Waals surface area (Å²) < 4.78 is 30.0. The van der Waals surface area contributed by atoms with Gasteiger partial charge in [0.25, 0.3) is 0 Å². The maximum absolute atomic E-state index is 12.1. The van der Waals surface area contributed by atoms with E-state index in [0.717, 1.165) is 19.4 Å². The summed E-state index contributed by atoms with van der Waals surface area (Å²) in [6.45, 7) is 2.96. The molecule has 2 fully saturated rings. The molecule has 1 N–H and O–H groups in total. The SMILES string of the molecule is CS(=O)(=O)N1CCCC(CC(=O)C2CNCCO2)C1. The topological polar surface area (TPSA) is 75.7 Å². The van der Waals surface area contributed by atoms with Gasteiger partial charge < -0.3 is 10.1 Å². The fourth-order valence-corrected chi connectivity index (χ4v) is 3.63. The molecule has 2 atom stereocenters. The van der Waals surface area contributed by atoms with Gasteiger partial charge in [-0.2, -0.15) is 0 Å². The van der Waals surface area contributed by atoms with Crippen LogP contribution in [0.25, 0.3) is 0 Å². The van der Waals surface area contributed by atoms with Crippen molar-refractivity contribution < 1.29 is 17.9 Å². The van der Waals surface area contributed by atoms with Gasteiger partial charge in [0.1, 0.15) is 6.10 Å². The number of sulfonamides is 1. The lowest BCUT2D eigenvalue weighted by atomic mass is 9.92. The quantitative estimate of drug-likeness (QED) is 0.763. The fraction of sp³-hybridized carbons (Fsp3) is 0.917. The molecule has 0 amide bonds. The minimum Gasteiger partial charge on any atom is -0.368 e. The minimum absolute atomic E-state index is 0.0903. The number of nitrogens with zero attached hydrogens (tertiary/aromatic N) is 1. The third-order valence-electron chi connectivity index (χ3n) is 3.73. The first-order valence-corrected chi connectivity index (χ1v) is 8.62. The lowest BCUT2D eigenvalue weighted by Gasteiger charge is -2.31. The third kappa shape index (κ3) is 4.24. The maximum Gasteiger partial charge on any atom is 0.211 e. The highest BCUT2D eigenvalue weighted by Gasteiger charge is 2.30. The Bertz CT molecular complexity index is 417. The van der Waals surface area contributed by atoms with Gasteiger partial charge in [-0.25, -0.2) is 12.7 Å². The molecule has 0 spiro atoms. The molecule has 0 saturated carbocycles. The Balaban J connectivity index is 1.86. The van der Waals surface area contributed by atoms with E-state index in [2.05, 4.69) is 5.32 Å². The van der Waals surface area contributed by atoms with Crippen LogP contribution in [-0.2, 0) is 19.6 Å². The van der Waals surface area contributed by atoms with Crippen molar-refractivity contribution in [3.63, 3.8) is 0 Å². The Morgan fingerprint density at radius 1 is 1.47 bits per heavy atom. The highest BCUT2D eigenvalue weighted by atomic mass is 32.2. The molecular weight excluding hydrogens is 268 g/mol. The highest BCUT2D eigenvalue weighted by molar-refractivity contribution is 7.88. The molecule has 2 aliphatic rings. The zero-order valence-electron chi connectivity index (χ0n) is 11.3. The molecule has 110 valence electrons. The summed E-state index contributed by atoms with van der Waals surface area (Å²) in [6.07, 6.45) is 3.03. The molecule has 19 heavy (non-hydrogen) atoms. The molecule has 0 aromatic heterocycles. The van der Waals surface area contributed by atoms with Gasteiger partial charge in [0.2, 0.25) is 10.0 Å². The second kappa shape index (κ2) is 6.30. The van der Waals surface area contributed by atoms with Crippen molar-refractivity contribution in [2.24, 2.45) is 5.92 Å². The molecule has 0 aromatic carbocycles. The van der Waals surface area contributed by atoms with E-state index in [1.807, 2.05) is 0 Å². The number of ether oxygens (including phenoxy) is 1. The summed E-state index contributed by atoms with van der Waals surface area (Å²) in [6, 6.07) is 0. The summed E-state index contributed by atoms with van der Waals surface area (Å²) in [5.41, 5.74) is 0. The molecule has 2 rings (SSSR count). The molecule has 2 unspecified atom stereocenters. The summed E-state index contributed by atoms with van der Waals surface area (Å²) in [5.74, 6) is 0.217. The molecule has 2 heterocycles. The lowest BCUT2D eigenvalue weighted by molar-refractivity contribution is -0.133. The van der Waals surface area contributed by atoms with E-state index in [0.29, 0.717) is 32.7 Å². The van der Waals surface area contributed by atoms with Gasteiger partial charge in [0, 0.05) is 32.6 Å². The number of carbonyl (C=O) groups is 1. The van der Waals surface area contributed by atoms with Crippen LogP contribution in [0.2, 0.25) is 0 Å². The number of Topliss-reactive ketones (excluding diaryl/α,β-unsaturated/α-hetero) is 1. The zero-order chi connectivity index (χ0) is 13.9. The Morgan fingerprint density at radius 2 is 2.26 bits per heavy atom. The van der Waals surface area contributed by atoms with Crippen molar-refractivity contribution in [1.82, 2.24) is 9.62 Å². The van der Waals surface area contributed by atoms with Gasteiger partial charge in [-0.3, -0.25) is 4.79 Å². The van der Waals surface area contributed by atoms with Gasteiger partial charge >= 0.3 is 0 Å². The summed E-state index contributed by atoms with van der Waals surface area (Å²) >= 11 is 0. The van der Waals surface area contributed by atoms with E-state index in [-0.39, 0.29) is 17.8 Å². The van der Waals surface area contributed by atoms with Crippen LogP contribution in [0.3, 0.4) is 0 Å². The monoisotopic (exact) mass is 290 g/mol. The summed E-state index contributed by atoms with van der Waals surface area (Å²) in [5, 5.41) is 3.13. The molecule has 2 aliphatic heterocycles. The highest BCUT2D eigenvalue weighted by Crippen LogP contribution is 2.22. The van der Waals surface area contributed by atoms with Crippen LogP contribution in [0, 0.1) is 5.92 Å². The molecule has 6 nitrogen and oxygen atoms in total. The third-order valence-corrected chi connectivity index (χ3v) is 5.00. The average molecular weight is 290 g/mol. The number of ketones is 1. The van der Waals surface area contributed by atoms with Crippen LogP contribution in [0.5, 0.6) is 0 Å². The molecule has 0 aliphatic carbocycles. The number of rotatable bonds is 4. The molecule has 7 heteroatoms. The minimum atomic E-state index is -3.14. The predicted octanol–water partition coefficient (Wildman–Crippen LogP) is -0.394. The molecule has 0 bridgehead atoms. The Morgan fingerprint density at radius 3 is 2.89 bits per heavy atom. The summed E-state index contributed by atoms with van der Waals surface area (Å²) in [7, 11) is -3.14. The number of carbonyl (C=O) groups excluding carboxylic acids is 1. The van der Waals surface area contributed by atoms with Crippen molar-refractivity contribution in [1.29, 1.82) is 0 Å². The van der Waals surface area contributed by atoms with Gasteiger partial charge in [0.15, 0.2) is 5.78 Å². The Hall–Kier alpha value is -0.500. The first kappa shape index (κ1) is 14.9. The van der Waals surface area contributed by atoms with Crippen molar-refractivity contribution in [3.05, 3.63) is 0 Å². The average Bonchev–Trinajstić information content (AvgIpc) is 2.39. The van der Waals surface area contributed by atoms with E-state index in [1.54, 1.807) is 0 Å². The number of nitrogens with one attached hydrogen (secondary N) is 1. The van der Waals surface area contributed by atoms with E-state index in [9.17, 15) is 13.2 Å². The maximum atomic E-state index is 12.1. The van der Waals surface area contributed by atoms with Gasteiger partial charge in [-0.15, -0.1) is 0 Å². The van der Waals surface area contributed by atoms with E-state index < -0.39 is 10.0 Å². The van der Waals surface area contributed by atoms with Gasteiger partial charge in [-0.05, 0) is 18.8 Å². The largest absolute Gasteiger partial charge is 0.368 e.